The lowest BCUT2D eigenvalue weighted by molar-refractivity contribution is -0.340. The Balaban J connectivity index is 1.71. The van der Waals surface area contributed by atoms with Gasteiger partial charge in [-0.15, -0.1) is 0 Å². The van der Waals surface area contributed by atoms with Crippen LogP contribution in [0.3, 0.4) is 0 Å². The van der Waals surface area contributed by atoms with E-state index in [1.807, 2.05) is 0 Å². The van der Waals surface area contributed by atoms with E-state index < -0.39 is 89.0 Å². The molecule has 0 aromatic heterocycles. The largest absolute Gasteiger partial charge is 0.817 e. The minimum absolute atomic E-state index is 4.44. The van der Waals surface area contributed by atoms with E-state index in [2.05, 4.69) is 57.6 Å². The van der Waals surface area contributed by atoms with Crippen molar-refractivity contribution in [2.45, 2.75) is 0 Å². The highest BCUT2D eigenvalue weighted by atomic mass is 29.3. The predicted octanol–water partition coefficient (Wildman–Crippen LogP) is -12.9. The summed E-state index contributed by atoms with van der Waals surface area (Å²) >= 11 is 0. The lowest BCUT2D eigenvalue weighted by Crippen LogP contribution is -2.92. The van der Waals surface area contributed by atoms with Crippen LogP contribution in [0.2, 0.25) is 0 Å². The quantitative estimate of drug-likeness (QED) is 0.130. The van der Waals surface area contributed by atoms with Crippen LogP contribution in [0.15, 0.2) is 0 Å². The number of hydrogen-bond acceptors (Lipinski definition) is 24. The Morgan fingerprint density at radius 1 is 0.294 bits per heavy atom. The van der Waals surface area contributed by atoms with Crippen LogP contribution in [-0.4, -0.2) is 118 Å². The van der Waals surface area contributed by atoms with E-state index in [1.54, 1.807) is 0 Å². The Bertz CT molecular complexity index is 881. The first-order valence-corrected chi connectivity index (χ1v) is 25.9. The van der Waals surface area contributed by atoms with E-state index in [-0.39, 0.29) is 0 Å². The summed E-state index contributed by atoms with van der Waals surface area (Å²) in [6, 6.07) is 0. The Labute approximate surface area is 194 Å². The van der Waals surface area contributed by atoms with Crippen LogP contribution in [0.25, 0.3) is 0 Å². The first-order valence-electron chi connectivity index (χ1n) is 8.12. The third-order valence-corrected chi connectivity index (χ3v) is 39.5. The van der Waals surface area contributed by atoms with Gasteiger partial charge in [0.05, 0.1) is 0 Å². The zero-order chi connectivity index (χ0) is 24.9. The zero-order valence-corrected chi connectivity index (χ0v) is 25.0. The van der Waals surface area contributed by atoms with Crippen molar-refractivity contribution in [1.82, 2.24) is 0 Å². The number of rotatable bonds is 0. The summed E-state index contributed by atoms with van der Waals surface area (Å²) < 4.78 is 64.4. The fourth-order valence-corrected chi connectivity index (χ4v) is 46.5. The molecule has 8 atom stereocenters. The minimum atomic E-state index is -6.54. The molecule has 10 bridgehead atoms. The molecule has 0 aromatic rings. The van der Waals surface area contributed by atoms with Gasteiger partial charge in [-0.25, -0.2) is 0 Å². The molecule has 6 aliphatic heterocycles. The second kappa shape index (κ2) is 6.67. The summed E-state index contributed by atoms with van der Waals surface area (Å²) in [5.41, 5.74) is 0. The molecule has 6 fully saturated rings. The van der Waals surface area contributed by atoms with Gasteiger partial charge in [0.15, 0.2) is 0 Å². The van der Waals surface area contributed by atoms with Crippen molar-refractivity contribution in [3.63, 3.8) is 0 Å². The normalized spacial score (nSPS) is 67.2. The molecule has 6 heterocycles. The zero-order valence-electron chi connectivity index (χ0n) is 15.0. The first-order chi connectivity index (χ1) is 15.1. The molecule has 194 valence electrons. The Morgan fingerprint density at radius 3 is 0.824 bits per heavy atom. The van der Waals surface area contributed by atoms with Crippen molar-refractivity contribution in [2.75, 3.05) is 0 Å². The lowest BCUT2D eigenvalue weighted by atomic mass is 15.5. The molecular weight excluding hydrogens is 665 g/mol. The topological polar surface area (TPSA) is 343 Å². The van der Waals surface area contributed by atoms with Crippen LogP contribution in [0.4, 0.5) is 0 Å². The molecule has 0 radical (unpaired) electrons. The Hall–Kier alpha value is 1.21. The molecule has 6 N–H and O–H groups in total. The van der Waals surface area contributed by atoms with Crippen molar-refractivity contribution >= 4 is 89.0 Å². The Kier molecular flexibility index (Phi) is 5.00. The summed E-state index contributed by atoms with van der Waals surface area (Å²) in [6.45, 7) is 0. The molecular formula is H6O24Si10-4. The average Bonchev–Trinajstić information content (AvgIpc) is 2.46. The summed E-state index contributed by atoms with van der Waals surface area (Å²) in [5, 5.41) is 0. The van der Waals surface area contributed by atoms with Crippen molar-refractivity contribution in [3.8, 4) is 0 Å². The van der Waals surface area contributed by atoms with Gasteiger partial charge in [0.1, 0.15) is 0 Å². The van der Waals surface area contributed by atoms with Crippen LogP contribution >= 0.6 is 0 Å². The maximum absolute atomic E-state index is 13.5. The van der Waals surface area contributed by atoms with Gasteiger partial charge < -0.3 is 106 Å². The van der Waals surface area contributed by atoms with E-state index in [0.29, 0.717) is 0 Å². The van der Waals surface area contributed by atoms with Gasteiger partial charge >= 0.3 is 72.4 Å². The highest BCUT2D eigenvalue weighted by Crippen LogP contribution is 2.44. The Morgan fingerprint density at radius 2 is 0.529 bits per heavy atom. The van der Waals surface area contributed by atoms with Crippen molar-refractivity contribution in [2.24, 2.45) is 0 Å². The van der Waals surface area contributed by atoms with Crippen molar-refractivity contribution in [1.29, 1.82) is 0 Å². The molecule has 6 rings (SSSR count). The summed E-state index contributed by atoms with van der Waals surface area (Å²) in [7, 11) is -62.1. The van der Waals surface area contributed by atoms with Crippen LogP contribution in [-0.2, 0) is 57.6 Å². The molecule has 0 saturated carbocycles. The molecule has 34 heavy (non-hydrogen) atoms. The highest BCUT2D eigenvalue weighted by molar-refractivity contribution is 7.29. The second-order valence-corrected chi connectivity index (χ2v) is 32.3. The number of fused-ring (bicyclic) bond motifs is 5. The average molecular weight is 671 g/mol. The lowest BCUT2D eigenvalue weighted by Gasteiger charge is -2.58. The molecule has 24 nitrogen and oxygen atoms in total. The maximum Gasteiger partial charge on any atom is 0.659 e. The van der Waals surface area contributed by atoms with Gasteiger partial charge in [0, 0.05) is 0 Å². The fourth-order valence-electron chi connectivity index (χ4n) is 3.07. The van der Waals surface area contributed by atoms with Crippen LogP contribution in [0.1, 0.15) is 0 Å². The van der Waals surface area contributed by atoms with Gasteiger partial charge in [0.2, 0.25) is 0 Å². The van der Waals surface area contributed by atoms with E-state index in [9.17, 15) is 48.0 Å². The third-order valence-electron chi connectivity index (χ3n) is 3.98. The van der Waals surface area contributed by atoms with Gasteiger partial charge in [-0.3, -0.25) is 0 Å². The maximum atomic E-state index is 13.5. The van der Waals surface area contributed by atoms with E-state index in [0.717, 1.165) is 0 Å². The predicted molar refractivity (Wildman–Crippen MR) is 86.0 cm³/mol. The van der Waals surface area contributed by atoms with Crippen LogP contribution < -0.4 is 19.2 Å². The number of hydrogen-bond donors (Lipinski definition) is 6. The summed E-state index contributed by atoms with van der Waals surface area (Å²) in [5.74, 6) is 0. The summed E-state index contributed by atoms with van der Waals surface area (Å²) in [4.78, 5) is 118. The smallest absolute Gasteiger partial charge is 0.659 e. The molecule has 6 aliphatic rings. The van der Waals surface area contributed by atoms with Gasteiger partial charge in [0.25, 0.3) is 16.6 Å². The SMILES string of the molecule is [O-][Si]12O[Si]3([O-])O[Si]4(O)O[Si]5(O)O[Si](O)(O1)O[Si]1(O)O[Si](O)(O5)O[Si](O)(O4)O[Si]([O-])(O3)[Si]([O-])(O2)O1. The van der Waals surface area contributed by atoms with E-state index >= 15 is 0 Å². The molecule has 8 unspecified atom stereocenters. The third kappa shape index (κ3) is 3.88. The van der Waals surface area contributed by atoms with Gasteiger partial charge in [-0.05, 0) is 0 Å². The standard InChI is InChI=1S/H6O24Si10/c1-25-11-26(2)14-29(5)16-27(3,12-25)18-31(7)20-32(8)19-28(4,13-25)17-30(6,15-26)22-34(10,24-32)33(9,21-29)23-31/h1-6H/q-4. The van der Waals surface area contributed by atoms with Gasteiger partial charge in [-0.1, -0.05) is 0 Å². The molecule has 0 aromatic carbocycles. The van der Waals surface area contributed by atoms with Crippen LogP contribution in [0, 0.1) is 0 Å². The van der Waals surface area contributed by atoms with Crippen molar-refractivity contribution < 1.29 is 106 Å². The minimum Gasteiger partial charge on any atom is -0.817 e. The van der Waals surface area contributed by atoms with E-state index in [4.69, 9.17) is 0 Å². The second-order valence-electron chi connectivity index (χ2n) is 6.68. The van der Waals surface area contributed by atoms with E-state index in [1.165, 1.54) is 0 Å². The molecule has 6 saturated heterocycles. The summed E-state index contributed by atoms with van der Waals surface area (Å²) in [6.07, 6.45) is 0. The molecule has 0 spiro atoms. The molecule has 0 amide bonds. The molecule has 0 aliphatic carbocycles. The highest BCUT2D eigenvalue weighted by Gasteiger charge is 2.84. The first kappa shape index (κ1) is 25.5. The van der Waals surface area contributed by atoms with Gasteiger partial charge in [-0.2, -0.15) is 0 Å². The van der Waals surface area contributed by atoms with Crippen molar-refractivity contribution in [3.05, 3.63) is 0 Å². The van der Waals surface area contributed by atoms with Crippen LogP contribution in [0.5, 0.6) is 0 Å². The fraction of sp³-hybridized carbons (Fsp3) is 0. The molecule has 34 heteroatoms. The monoisotopic (exact) mass is 670 g/mol.